The van der Waals surface area contributed by atoms with Crippen LogP contribution in [0.25, 0.3) is 0 Å². The van der Waals surface area contributed by atoms with Crippen LogP contribution in [0.1, 0.15) is 25.7 Å². The third-order valence-corrected chi connectivity index (χ3v) is 3.95. The Labute approximate surface area is 125 Å². The summed E-state index contributed by atoms with van der Waals surface area (Å²) in [6.45, 7) is 1.52. The minimum atomic E-state index is -0.467. The molecule has 20 heavy (non-hydrogen) atoms. The van der Waals surface area contributed by atoms with Crippen molar-refractivity contribution >= 4 is 33.3 Å². The number of hydrogen-bond donors (Lipinski definition) is 1. The van der Waals surface area contributed by atoms with Crippen molar-refractivity contribution in [3.8, 4) is 0 Å². The SMILES string of the molecule is O=C(Nc1ccc([N+](=O)[O-])cc1Br)N1CCCCCC1. The number of nitrogens with zero attached hydrogens (tertiary/aromatic N) is 2. The van der Waals surface area contributed by atoms with Crippen LogP contribution in [-0.2, 0) is 0 Å². The normalized spacial score (nSPS) is 15.6. The van der Waals surface area contributed by atoms with E-state index in [0.29, 0.717) is 10.2 Å². The smallest absolute Gasteiger partial charge is 0.321 e. The topological polar surface area (TPSA) is 75.5 Å². The first-order chi connectivity index (χ1) is 9.58. The Hall–Kier alpha value is -1.63. The Morgan fingerprint density at radius 1 is 1.25 bits per heavy atom. The van der Waals surface area contributed by atoms with Gasteiger partial charge in [-0.3, -0.25) is 10.1 Å². The summed E-state index contributed by atoms with van der Waals surface area (Å²) in [5.74, 6) is 0. The average Bonchev–Trinajstić information content (AvgIpc) is 2.69. The zero-order valence-corrected chi connectivity index (χ0v) is 12.6. The number of amides is 2. The van der Waals surface area contributed by atoms with E-state index in [-0.39, 0.29) is 11.7 Å². The molecule has 1 saturated heterocycles. The molecular formula is C13H16BrN3O3. The molecule has 1 aromatic carbocycles. The summed E-state index contributed by atoms with van der Waals surface area (Å²) in [5, 5.41) is 13.5. The van der Waals surface area contributed by atoms with E-state index in [1.165, 1.54) is 18.2 Å². The van der Waals surface area contributed by atoms with Gasteiger partial charge < -0.3 is 10.2 Å². The van der Waals surface area contributed by atoms with Gasteiger partial charge in [0.25, 0.3) is 5.69 Å². The van der Waals surface area contributed by atoms with Crippen molar-refractivity contribution in [2.24, 2.45) is 0 Å². The third kappa shape index (κ3) is 3.69. The molecule has 1 aromatic rings. The second-order valence-electron chi connectivity index (χ2n) is 4.75. The van der Waals surface area contributed by atoms with Crippen molar-refractivity contribution in [3.05, 3.63) is 32.8 Å². The number of carbonyl (C=O) groups excluding carboxylic acids is 1. The number of carbonyl (C=O) groups is 1. The van der Waals surface area contributed by atoms with Crippen molar-refractivity contribution in [2.75, 3.05) is 18.4 Å². The number of likely N-dealkylation sites (tertiary alicyclic amines) is 1. The molecule has 1 aliphatic rings. The third-order valence-electron chi connectivity index (χ3n) is 3.30. The first kappa shape index (κ1) is 14.8. The lowest BCUT2D eigenvalue weighted by Gasteiger charge is -2.21. The molecule has 1 aliphatic heterocycles. The molecule has 0 unspecified atom stereocenters. The molecule has 0 aromatic heterocycles. The highest BCUT2D eigenvalue weighted by atomic mass is 79.9. The van der Waals surface area contributed by atoms with Crippen molar-refractivity contribution in [2.45, 2.75) is 25.7 Å². The van der Waals surface area contributed by atoms with Gasteiger partial charge in [0, 0.05) is 29.7 Å². The van der Waals surface area contributed by atoms with Crippen molar-refractivity contribution < 1.29 is 9.72 Å². The number of nitro benzene ring substituents is 1. The number of benzene rings is 1. The number of nitrogens with one attached hydrogen (secondary N) is 1. The average molecular weight is 342 g/mol. The molecule has 6 nitrogen and oxygen atoms in total. The second kappa shape index (κ2) is 6.69. The zero-order chi connectivity index (χ0) is 14.5. The zero-order valence-electron chi connectivity index (χ0n) is 11.0. The van der Waals surface area contributed by atoms with E-state index >= 15 is 0 Å². The highest BCUT2D eigenvalue weighted by Crippen LogP contribution is 2.27. The van der Waals surface area contributed by atoms with Crippen LogP contribution in [0, 0.1) is 10.1 Å². The quantitative estimate of drug-likeness (QED) is 0.657. The van der Waals surface area contributed by atoms with Crippen LogP contribution in [0.4, 0.5) is 16.2 Å². The van der Waals surface area contributed by atoms with Crippen LogP contribution in [0.2, 0.25) is 0 Å². The largest absolute Gasteiger partial charge is 0.325 e. The number of urea groups is 1. The summed E-state index contributed by atoms with van der Waals surface area (Å²) >= 11 is 3.25. The van der Waals surface area contributed by atoms with E-state index in [0.717, 1.165) is 38.8 Å². The summed E-state index contributed by atoms with van der Waals surface area (Å²) in [4.78, 5) is 24.1. The van der Waals surface area contributed by atoms with Crippen LogP contribution in [0.5, 0.6) is 0 Å². The maximum absolute atomic E-state index is 12.2. The molecule has 0 radical (unpaired) electrons. The van der Waals surface area contributed by atoms with Crippen LogP contribution in [0.15, 0.2) is 22.7 Å². The number of non-ortho nitro benzene ring substituents is 1. The lowest BCUT2D eigenvalue weighted by molar-refractivity contribution is -0.384. The van der Waals surface area contributed by atoms with Crippen molar-refractivity contribution in [1.82, 2.24) is 4.90 Å². The Morgan fingerprint density at radius 3 is 2.45 bits per heavy atom. The first-order valence-corrected chi connectivity index (χ1v) is 7.37. The highest BCUT2D eigenvalue weighted by Gasteiger charge is 2.17. The lowest BCUT2D eigenvalue weighted by atomic mass is 10.2. The summed E-state index contributed by atoms with van der Waals surface area (Å²) in [5.41, 5.74) is 0.537. The predicted octanol–water partition coefficient (Wildman–Crippen LogP) is 3.77. The summed E-state index contributed by atoms with van der Waals surface area (Å²) in [6, 6.07) is 4.15. The number of halogens is 1. The Balaban J connectivity index is 2.05. The summed E-state index contributed by atoms with van der Waals surface area (Å²) in [6.07, 6.45) is 4.36. The molecule has 2 rings (SSSR count). The molecule has 1 N–H and O–H groups in total. The lowest BCUT2D eigenvalue weighted by Crippen LogP contribution is -2.35. The van der Waals surface area contributed by atoms with Gasteiger partial charge in [-0.05, 0) is 34.8 Å². The van der Waals surface area contributed by atoms with Gasteiger partial charge in [0.1, 0.15) is 0 Å². The summed E-state index contributed by atoms with van der Waals surface area (Å²) < 4.78 is 0.509. The van der Waals surface area contributed by atoms with Gasteiger partial charge in [-0.2, -0.15) is 0 Å². The number of rotatable bonds is 2. The van der Waals surface area contributed by atoms with Crippen LogP contribution >= 0.6 is 15.9 Å². The van der Waals surface area contributed by atoms with Gasteiger partial charge in [-0.1, -0.05) is 12.8 Å². The molecule has 0 saturated carbocycles. The van der Waals surface area contributed by atoms with Gasteiger partial charge in [0.05, 0.1) is 10.6 Å². The van der Waals surface area contributed by atoms with E-state index in [9.17, 15) is 14.9 Å². The molecule has 1 heterocycles. The molecule has 0 aliphatic carbocycles. The van der Waals surface area contributed by atoms with E-state index in [1.807, 2.05) is 0 Å². The fourth-order valence-electron chi connectivity index (χ4n) is 2.19. The van der Waals surface area contributed by atoms with Gasteiger partial charge in [-0.15, -0.1) is 0 Å². The molecule has 0 bridgehead atoms. The van der Waals surface area contributed by atoms with Crippen LogP contribution < -0.4 is 5.32 Å². The number of hydrogen-bond acceptors (Lipinski definition) is 3. The molecule has 108 valence electrons. The number of anilines is 1. The van der Waals surface area contributed by atoms with E-state index in [1.54, 1.807) is 4.90 Å². The molecule has 0 spiro atoms. The van der Waals surface area contributed by atoms with Gasteiger partial charge in [0.2, 0.25) is 0 Å². The molecule has 1 fully saturated rings. The Kier molecular flexibility index (Phi) is 4.94. The molecular weight excluding hydrogens is 326 g/mol. The minimum absolute atomic E-state index is 0.00959. The molecule has 7 heteroatoms. The standard InChI is InChI=1S/C13H16BrN3O3/c14-11-9-10(17(19)20)5-6-12(11)15-13(18)16-7-3-1-2-4-8-16/h5-6,9H,1-4,7-8H2,(H,15,18). The van der Waals surface area contributed by atoms with Crippen LogP contribution in [-0.4, -0.2) is 28.9 Å². The maximum Gasteiger partial charge on any atom is 0.321 e. The maximum atomic E-state index is 12.2. The Bertz CT molecular complexity index is 514. The second-order valence-corrected chi connectivity index (χ2v) is 5.61. The van der Waals surface area contributed by atoms with Gasteiger partial charge >= 0.3 is 6.03 Å². The summed E-state index contributed by atoms with van der Waals surface area (Å²) in [7, 11) is 0. The first-order valence-electron chi connectivity index (χ1n) is 6.58. The fraction of sp³-hybridized carbons (Fsp3) is 0.462. The van der Waals surface area contributed by atoms with Gasteiger partial charge in [-0.25, -0.2) is 4.79 Å². The van der Waals surface area contributed by atoms with Crippen molar-refractivity contribution in [1.29, 1.82) is 0 Å². The molecule has 2 amide bonds. The van der Waals surface area contributed by atoms with Crippen LogP contribution in [0.3, 0.4) is 0 Å². The Morgan fingerprint density at radius 2 is 1.90 bits per heavy atom. The van der Waals surface area contributed by atoms with E-state index in [2.05, 4.69) is 21.2 Å². The predicted molar refractivity (Wildman–Crippen MR) is 79.9 cm³/mol. The molecule has 0 atom stereocenters. The minimum Gasteiger partial charge on any atom is -0.325 e. The van der Waals surface area contributed by atoms with E-state index in [4.69, 9.17) is 0 Å². The van der Waals surface area contributed by atoms with Gasteiger partial charge in [0.15, 0.2) is 0 Å². The fourth-order valence-corrected chi connectivity index (χ4v) is 2.65. The van der Waals surface area contributed by atoms with Crippen molar-refractivity contribution in [3.63, 3.8) is 0 Å². The van der Waals surface area contributed by atoms with E-state index < -0.39 is 4.92 Å². The highest BCUT2D eigenvalue weighted by molar-refractivity contribution is 9.10. The monoisotopic (exact) mass is 341 g/mol. The number of nitro groups is 1.